The van der Waals surface area contributed by atoms with E-state index in [-0.39, 0.29) is 11.4 Å². The van der Waals surface area contributed by atoms with Gasteiger partial charge in [0.1, 0.15) is 5.66 Å². The molecule has 1 amide bonds. The smallest absolute Gasteiger partial charge is 0.425 e. The predicted molar refractivity (Wildman–Crippen MR) is 102 cm³/mol. The zero-order chi connectivity index (χ0) is 20.0. The number of hydrogen-bond donors (Lipinski definition) is 1. The molecular formula is C20H27N3O4. The lowest BCUT2D eigenvalue weighted by Gasteiger charge is -2.51. The summed E-state index contributed by atoms with van der Waals surface area (Å²) >= 11 is 0. The Hall–Kier alpha value is -2.70. The normalized spacial score (nSPS) is 26.4. The lowest BCUT2D eigenvalue weighted by molar-refractivity contribution is -0.136. The fraction of sp³-hybridized carbons (Fsp3) is 0.500. The minimum Gasteiger partial charge on any atom is -0.466 e. The highest BCUT2D eigenvalue weighted by Crippen LogP contribution is 2.59. The predicted octanol–water partition coefficient (Wildman–Crippen LogP) is 2.92. The number of hydrogen-bond acceptors (Lipinski definition) is 6. The summed E-state index contributed by atoms with van der Waals surface area (Å²) in [4.78, 5) is 26.8. The van der Waals surface area contributed by atoms with Gasteiger partial charge in [-0.05, 0) is 25.0 Å². The van der Waals surface area contributed by atoms with Crippen LogP contribution in [0.2, 0.25) is 0 Å². The Balaban J connectivity index is 2.23. The second-order valence-electron chi connectivity index (χ2n) is 7.25. The van der Waals surface area contributed by atoms with Gasteiger partial charge in [-0.25, -0.2) is 15.0 Å². The summed E-state index contributed by atoms with van der Waals surface area (Å²) in [5, 5.41) is 1.79. The summed E-state index contributed by atoms with van der Waals surface area (Å²) in [6, 6.07) is 8.21. The largest absolute Gasteiger partial charge is 0.466 e. The third-order valence-corrected chi connectivity index (χ3v) is 6.39. The standard InChI is InChI=1S/C20H27N3O4/c1-7-19(3)15-10-8-9-11-16(15)22(4)20(19)12-14(17(24)26-5)13(2)23(20)21-18(25)27-6/h8-11H,7,12H2,1-6H3,(H,21,25). The Labute approximate surface area is 159 Å². The van der Waals surface area contributed by atoms with Crippen LogP contribution in [-0.4, -0.2) is 44.0 Å². The molecule has 0 saturated carbocycles. The van der Waals surface area contributed by atoms with E-state index < -0.39 is 11.8 Å². The molecule has 2 atom stereocenters. The number of fused-ring (bicyclic) bond motifs is 1. The second-order valence-corrected chi connectivity index (χ2v) is 7.25. The summed E-state index contributed by atoms with van der Waals surface area (Å²) in [6.07, 6.45) is 0.656. The number of carbonyl (C=O) groups is 2. The van der Waals surface area contributed by atoms with Gasteiger partial charge in [0.05, 0.1) is 19.8 Å². The number of ether oxygens (including phenoxy) is 2. The SMILES string of the molecule is CCC1(C)c2ccccc2N(C)C12CC(C(=O)OC)=C(C)N2NC(=O)OC. The van der Waals surface area contributed by atoms with Crippen molar-refractivity contribution in [1.82, 2.24) is 10.4 Å². The van der Waals surface area contributed by atoms with Crippen molar-refractivity contribution in [2.24, 2.45) is 0 Å². The van der Waals surface area contributed by atoms with E-state index in [0.717, 1.165) is 12.1 Å². The number of rotatable bonds is 3. The monoisotopic (exact) mass is 373 g/mol. The molecule has 0 aromatic heterocycles. The van der Waals surface area contributed by atoms with E-state index in [0.29, 0.717) is 17.7 Å². The van der Waals surface area contributed by atoms with E-state index in [4.69, 9.17) is 9.47 Å². The van der Waals surface area contributed by atoms with E-state index in [1.54, 1.807) is 5.01 Å². The van der Waals surface area contributed by atoms with Crippen LogP contribution in [0.3, 0.4) is 0 Å². The Morgan fingerprint density at radius 3 is 2.48 bits per heavy atom. The average Bonchev–Trinajstić information content (AvgIpc) is 3.08. The van der Waals surface area contributed by atoms with Crippen molar-refractivity contribution in [2.75, 3.05) is 26.2 Å². The van der Waals surface area contributed by atoms with Crippen LogP contribution >= 0.6 is 0 Å². The van der Waals surface area contributed by atoms with E-state index in [1.807, 2.05) is 26.1 Å². The molecule has 2 aliphatic heterocycles. The fourth-order valence-electron chi connectivity index (χ4n) is 4.72. The van der Waals surface area contributed by atoms with Crippen LogP contribution in [0, 0.1) is 0 Å². The number of amides is 1. The molecule has 1 aromatic carbocycles. The highest BCUT2D eigenvalue weighted by atomic mass is 16.5. The molecule has 0 radical (unpaired) electrons. The topological polar surface area (TPSA) is 71.1 Å². The molecule has 0 fully saturated rings. The zero-order valence-electron chi connectivity index (χ0n) is 16.8. The summed E-state index contributed by atoms with van der Waals surface area (Å²) in [5.74, 6) is -0.385. The summed E-state index contributed by atoms with van der Waals surface area (Å²) in [7, 11) is 4.70. The number of benzene rings is 1. The third kappa shape index (κ3) is 2.33. The number of para-hydroxylation sites is 1. The van der Waals surface area contributed by atoms with Crippen molar-refractivity contribution in [2.45, 2.75) is 44.7 Å². The lowest BCUT2D eigenvalue weighted by Crippen LogP contribution is -2.67. The van der Waals surface area contributed by atoms with Crippen LogP contribution in [0.5, 0.6) is 0 Å². The number of anilines is 1. The van der Waals surface area contributed by atoms with Gasteiger partial charge in [0, 0.05) is 30.3 Å². The van der Waals surface area contributed by atoms with Crippen LogP contribution in [-0.2, 0) is 19.7 Å². The maximum absolute atomic E-state index is 12.5. The number of nitrogens with zero attached hydrogens (tertiary/aromatic N) is 2. The fourth-order valence-corrected chi connectivity index (χ4v) is 4.72. The van der Waals surface area contributed by atoms with E-state index in [1.165, 1.54) is 19.8 Å². The van der Waals surface area contributed by atoms with Crippen molar-refractivity contribution < 1.29 is 19.1 Å². The number of carbonyl (C=O) groups excluding carboxylic acids is 2. The van der Waals surface area contributed by atoms with Crippen LogP contribution in [0.15, 0.2) is 35.5 Å². The van der Waals surface area contributed by atoms with Gasteiger partial charge >= 0.3 is 12.1 Å². The van der Waals surface area contributed by atoms with Gasteiger partial charge in [-0.1, -0.05) is 32.0 Å². The average molecular weight is 373 g/mol. The Morgan fingerprint density at radius 2 is 1.89 bits per heavy atom. The highest BCUT2D eigenvalue weighted by molar-refractivity contribution is 5.91. The highest BCUT2D eigenvalue weighted by Gasteiger charge is 2.64. The van der Waals surface area contributed by atoms with Crippen LogP contribution in [0.1, 0.15) is 39.2 Å². The molecule has 2 unspecified atom stereocenters. The molecule has 1 spiro atoms. The minimum atomic E-state index is -0.687. The molecule has 0 aliphatic carbocycles. The van der Waals surface area contributed by atoms with Crippen molar-refractivity contribution in [3.8, 4) is 0 Å². The number of hydrazine groups is 1. The van der Waals surface area contributed by atoms with Crippen molar-refractivity contribution in [1.29, 1.82) is 0 Å². The van der Waals surface area contributed by atoms with Gasteiger partial charge < -0.3 is 14.4 Å². The number of esters is 1. The van der Waals surface area contributed by atoms with Gasteiger partial charge in [-0.3, -0.25) is 5.01 Å². The summed E-state index contributed by atoms with van der Waals surface area (Å²) in [5.41, 5.74) is 5.28. The molecule has 2 aliphatic rings. The first-order valence-electron chi connectivity index (χ1n) is 9.04. The molecule has 1 aromatic rings. The molecule has 27 heavy (non-hydrogen) atoms. The molecule has 146 valence electrons. The maximum atomic E-state index is 12.5. The van der Waals surface area contributed by atoms with Crippen molar-refractivity contribution in [3.63, 3.8) is 0 Å². The lowest BCUT2D eigenvalue weighted by atomic mass is 9.70. The number of methoxy groups -OCH3 is 2. The van der Waals surface area contributed by atoms with Gasteiger partial charge in [0.15, 0.2) is 0 Å². The zero-order valence-corrected chi connectivity index (χ0v) is 16.8. The van der Waals surface area contributed by atoms with Gasteiger partial charge in [-0.15, -0.1) is 0 Å². The van der Waals surface area contributed by atoms with Crippen molar-refractivity contribution in [3.05, 3.63) is 41.1 Å². The van der Waals surface area contributed by atoms with E-state index in [2.05, 4.69) is 36.3 Å². The first-order chi connectivity index (χ1) is 12.8. The summed E-state index contributed by atoms with van der Waals surface area (Å²) in [6.45, 7) is 6.12. The molecule has 1 N–H and O–H groups in total. The van der Waals surface area contributed by atoms with Crippen molar-refractivity contribution >= 4 is 17.7 Å². The second kappa shape index (κ2) is 6.48. The van der Waals surface area contributed by atoms with Gasteiger partial charge in [-0.2, -0.15) is 0 Å². The molecule has 7 heteroatoms. The molecule has 0 saturated heterocycles. The first kappa shape index (κ1) is 19.1. The Bertz CT molecular complexity index is 821. The van der Waals surface area contributed by atoms with E-state index in [9.17, 15) is 9.59 Å². The Kier molecular flexibility index (Phi) is 4.57. The van der Waals surface area contributed by atoms with Crippen LogP contribution < -0.4 is 10.3 Å². The van der Waals surface area contributed by atoms with Crippen LogP contribution in [0.25, 0.3) is 0 Å². The van der Waals surface area contributed by atoms with Gasteiger partial charge in [0.2, 0.25) is 0 Å². The third-order valence-electron chi connectivity index (χ3n) is 6.39. The maximum Gasteiger partial charge on any atom is 0.425 e. The molecular weight excluding hydrogens is 346 g/mol. The molecule has 2 heterocycles. The molecule has 0 bridgehead atoms. The van der Waals surface area contributed by atoms with Crippen LogP contribution in [0.4, 0.5) is 10.5 Å². The summed E-state index contributed by atoms with van der Waals surface area (Å²) < 4.78 is 9.87. The molecule has 3 rings (SSSR count). The van der Waals surface area contributed by atoms with Gasteiger partial charge in [0.25, 0.3) is 0 Å². The van der Waals surface area contributed by atoms with E-state index >= 15 is 0 Å². The first-order valence-corrected chi connectivity index (χ1v) is 9.04. The molecule has 7 nitrogen and oxygen atoms in total. The number of likely N-dealkylation sites (N-methyl/N-ethyl adjacent to an activating group) is 1. The minimum absolute atomic E-state index is 0.351. The number of nitrogens with one attached hydrogen (secondary N) is 1. The number of allylic oxidation sites excluding steroid dienone is 1. The quantitative estimate of drug-likeness (QED) is 0.822. The Morgan fingerprint density at radius 1 is 1.22 bits per heavy atom.